The van der Waals surface area contributed by atoms with Crippen LogP contribution in [0.5, 0.6) is 0 Å². The maximum Gasteiger partial charge on any atom is 0.472 e. The van der Waals surface area contributed by atoms with Crippen LogP contribution in [0.1, 0.15) is 206 Å². The van der Waals surface area contributed by atoms with Gasteiger partial charge >= 0.3 is 19.8 Å². The van der Waals surface area contributed by atoms with Crippen molar-refractivity contribution in [3.63, 3.8) is 0 Å². The molecular formula is C49H88NO8P. The van der Waals surface area contributed by atoms with Gasteiger partial charge in [0.15, 0.2) is 6.10 Å². The lowest BCUT2D eigenvalue weighted by molar-refractivity contribution is -0.161. The highest BCUT2D eigenvalue weighted by Gasteiger charge is 2.26. The third kappa shape index (κ3) is 45.1. The summed E-state index contributed by atoms with van der Waals surface area (Å²) in [6.07, 6.45) is 54.0. The number of unbranched alkanes of at least 4 members (excludes halogenated alkanes) is 21. The number of allylic oxidation sites excluding steroid dienone is 10. The summed E-state index contributed by atoms with van der Waals surface area (Å²) in [4.78, 5) is 35.0. The summed E-state index contributed by atoms with van der Waals surface area (Å²) in [5, 5.41) is 0. The van der Waals surface area contributed by atoms with Crippen LogP contribution in [0.2, 0.25) is 0 Å². The normalized spacial score (nSPS) is 13.8. The molecule has 0 spiro atoms. The molecule has 1 unspecified atom stereocenters. The molecule has 3 N–H and O–H groups in total. The maximum atomic E-state index is 12.6. The Bertz CT molecular complexity index is 1150. The van der Waals surface area contributed by atoms with Crippen molar-refractivity contribution < 1.29 is 37.6 Å². The van der Waals surface area contributed by atoms with E-state index in [4.69, 9.17) is 24.3 Å². The second-order valence-corrected chi connectivity index (χ2v) is 17.1. The van der Waals surface area contributed by atoms with Crippen molar-refractivity contribution in [3.8, 4) is 0 Å². The van der Waals surface area contributed by atoms with Gasteiger partial charge in [0.2, 0.25) is 0 Å². The number of ether oxygens (including phenoxy) is 2. The molecular weight excluding hydrogens is 762 g/mol. The molecule has 10 heteroatoms. The van der Waals surface area contributed by atoms with Crippen molar-refractivity contribution in [2.24, 2.45) is 5.73 Å². The van der Waals surface area contributed by atoms with Gasteiger partial charge in [-0.2, -0.15) is 0 Å². The second kappa shape index (κ2) is 45.2. The molecule has 0 fully saturated rings. The number of carbonyl (C=O) groups excluding carboxylic acids is 2. The van der Waals surface area contributed by atoms with E-state index in [1.165, 1.54) is 96.3 Å². The summed E-state index contributed by atoms with van der Waals surface area (Å²) in [5.74, 6) is -0.862. The van der Waals surface area contributed by atoms with Gasteiger partial charge in [0.1, 0.15) is 6.61 Å². The highest BCUT2D eigenvalue weighted by Crippen LogP contribution is 2.43. The van der Waals surface area contributed by atoms with Gasteiger partial charge in [0, 0.05) is 19.4 Å². The summed E-state index contributed by atoms with van der Waals surface area (Å²) in [7, 11) is -4.39. The van der Waals surface area contributed by atoms with Crippen molar-refractivity contribution in [2.75, 3.05) is 26.4 Å². The van der Waals surface area contributed by atoms with E-state index in [0.29, 0.717) is 12.8 Å². The predicted molar refractivity (Wildman–Crippen MR) is 247 cm³/mol. The highest BCUT2D eigenvalue weighted by molar-refractivity contribution is 7.47. The molecule has 0 radical (unpaired) electrons. The van der Waals surface area contributed by atoms with E-state index in [-0.39, 0.29) is 32.6 Å². The molecule has 0 aliphatic carbocycles. The van der Waals surface area contributed by atoms with Crippen molar-refractivity contribution in [3.05, 3.63) is 60.8 Å². The molecule has 0 aliphatic rings. The lowest BCUT2D eigenvalue weighted by Crippen LogP contribution is -2.29. The van der Waals surface area contributed by atoms with Crippen LogP contribution < -0.4 is 5.73 Å². The summed E-state index contributed by atoms with van der Waals surface area (Å²) in [5.41, 5.74) is 5.36. The highest BCUT2D eigenvalue weighted by atomic mass is 31.2. The topological polar surface area (TPSA) is 134 Å². The van der Waals surface area contributed by atoms with Crippen LogP contribution in [-0.2, 0) is 32.7 Å². The Hall–Kier alpha value is -2.29. The van der Waals surface area contributed by atoms with Gasteiger partial charge in [-0.1, -0.05) is 197 Å². The lowest BCUT2D eigenvalue weighted by atomic mass is 10.0. The molecule has 342 valence electrons. The van der Waals surface area contributed by atoms with E-state index in [2.05, 4.69) is 74.6 Å². The van der Waals surface area contributed by atoms with Crippen molar-refractivity contribution in [2.45, 2.75) is 213 Å². The Labute approximate surface area is 361 Å². The van der Waals surface area contributed by atoms with Gasteiger partial charge < -0.3 is 20.1 Å². The fourth-order valence-corrected chi connectivity index (χ4v) is 7.19. The number of carbonyl (C=O) groups is 2. The van der Waals surface area contributed by atoms with Crippen molar-refractivity contribution in [1.29, 1.82) is 0 Å². The monoisotopic (exact) mass is 850 g/mol. The first kappa shape index (κ1) is 56.7. The van der Waals surface area contributed by atoms with Gasteiger partial charge in [-0.05, 0) is 57.8 Å². The fraction of sp³-hybridized carbons (Fsp3) is 0.755. The summed E-state index contributed by atoms with van der Waals surface area (Å²) in [6.45, 7) is 3.60. The molecule has 0 saturated carbocycles. The van der Waals surface area contributed by atoms with Crippen LogP contribution >= 0.6 is 7.82 Å². The van der Waals surface area contributed by atoms with Crippen LogP contribution in [0.4, 0.5) is 0 Å². The molecule has 0 saturated heterocycles. The molecule has 0 aromatic heterocycles. The minimum Gasteiger partial charge on any atom is -0.462 e. The van der Waals surface area contributed by atoms with Gasteiger partial charge in [0.05, 0.1) is 13.2 Å². The first-order chi connectivity index (χ1) is 28.8. The first-order valence-electron chi connectivity index (χ1n) is 23.8. The quantitative estimate of drug-likeness (QED) is 0.0266. The summed E-state index contributed by atoms with van der Waals surface area (Å²) < 4.78 is 32.8. The molecule has 0 amide bonds. The van der Waals surface area contributed by atoms with E-state index in [1.54, 1.807) is 0 Å². The number of esters is 2. The minimum absolute atomic E-state index is 0.0473. The Morgan fingerprint density at radius 1 is 0.525 bits per heavy atom. The molecule has 9 nitrogen and oxygen atoms in total. The van der Waals surface area contributed by atoms with Crippen molar-refractivity contribution in [1.82, 2.24) is 0 Å². The SMILES string of the molecule is CC/C=C\C/C=C\C/C=C\C/C=C\C/C=C\CCCCCC(=O)OC[C@H](COP(=O)(O)OCCN)OC(=O)CCCCCCCCCCCCCCCCCCCCC. The number of hydrogen-bond acceptors (Lipinski definition) is 8. The van der Waals surface area contributed by atoms with E-state index in [9.17, 15) is 19.0 Å². The molecule has 0 heterocycles. The molecule has 0 bridgehead atoms. The van der Waals surface area contributed by atoms with Crippen LogP contribution in [-0.4, -0.2) is 49.3 Å². The Morgan fingerprint density at radius 3 is 1.39 bits per heavy atom. The Balaban J connectivity index is 4.15. The smallest absolute Gasteiger partial charge is 0.462 e. The number of hydrogen-bond donors (Lipinski definition) is 2. The van der Waals surface area contributed by atoms with Gasteiger partial charge in [-0.15, -0.1) is 0 Å². The molecule has 2 atom stereocenters. The second-order valence-electron chi connectivity index (χ2n) is 15.6. The standard InChI is InChI=1S/C49H88NO8P/c1-3-5-7-9-11-13-15-17-19-21-23-25-27-29-31-33-35-37-39-41-48(51)55-45-47(46-57-59(53,54)56-44-43-50)58-49(52)42-40-38-36-34-32-30-28-26-24-22-20-18-16-14-12-10-8-6-4-2/h5,7,11,13,17,19,23,25,29,31,47H,3-4,6,8-10,12,14-16,18,20-22,24,26-28,30,32-46,50H2,1-2H3,(H,53,54)/b7-5-,13-11-,19-17-,25-23-,31-29-/t47-/m1/s1. The summed E-state index contributed by atoms with van der Waals surface area (Å²) in [6, 6.07) is 0. The third-order valence-electron chi connectivity index (χ3n) is 9.92. The van der Waals surface area contributed by atoms with E-state index >= 15 is 0 Å². The van der Waals surface area contributed by atoms with E-state index in [1.807, 2.05) is 0 Å². The fourth-order valence-electron chi connectivity index (χ4n) is 6.43. The van der Waals surface area contributed by atoms with Crippen molar-refractivity contribution >= 4 is 19.8 Å². The molecule has 59 heavy (non-hydrogen) atoms. The lowest BCUT2D eigenvalue weighted by Gasteiger charge is -2.19. The maximum absolute atomic E-state index is 12.6. The number of rotatable bonds is 44. The molecule has 0 rings (SSSR count). The van der Waals surface area contributed by atoms with E-state index < -0.39 is 32.5 Å². The van der Waals surface area contributed by atoms with E-state index in [0.717, 1.165) is 70.6 Å². The van der Waals surface area contributed by atoms with Crippen LogP contribution in [0.25, 0.3) is 0 Å². The average molecular weight is 850 g/mol. The van der Waals surface area contributed by atoms with Gasteiger partial charge in [-0.3, -0.25) is 18.6 Å². The zero-order valence-corrected chi connectivity index (χ0v) is 38.6. The third-order valence-corrected chi connectivity index (χ3v) is 10.9. The Morgan fingerprint density at radius 2 is 0.932 bits per heavy atom. The zero-order chi connectivity index (χ0) is 43.2. The van der Waals surface area contributed by atoms with Crippen LogP contribution in [0.15, 0.2) is 60.8 Å². The molecule has 0 aromatic carbocycles. The number of nitrogens with two attached hydrogens (primary N) is 1. The Kier molecular flexibility index (Phi) is 43.5. The predicted octanol–water partition coefficient (Wildman–Crippen LogP) is 14.1. The number of phosphoric ester groups is 1. The largest absolute Gasteiger partial charge is 0.472 e. The molecule has 0 aromatic rings. The van der Waals surface area contributed by atoms with Crippen LogP contribution in [0.3, 0.4) is 0 Å². The van der Waals surface area contributed by atoms with Gasteiger partial charge in [-0.25, -0.2) is 4.57 Å². The zero-order valence-electron chi connectivity index (χ0n) is 37.7. The first-order valence-corrected chi connectivity index (χ1v) is 25.3. The minimum atomic E-state index is -4.39. The van der Waals surface area contributed by atoms with Gasteiger partial charge in [0.25, 0.3) is 0 Å². The van der Waals surface area contributed by atoms with Crippen LogP contribution in [0, 0.1) is 0 Å². The molecule has 0 aliphatic heterocycles. The number of phosphoric acid groups is 1. The average Bonchev–Trinajstić information content (AvgIpc) is 3.22. The summed E-state index contributed by atoms with van der Waals surface area (Å²) >= 11 is 0.